The summed E-state index contributed by atoms with van der Waals surface area (Å²) in [5, 5.41) is 13.6. The van der Waals surface area contributed by atoms with Crippen molar-refractivity contribution >= 4 is 46.9 Å². The number of thioether (sulfide) groups is 1. The topological polar surface area (TPSA) is 113 Å². The third kappa shape index (κ3) is 4.01. The fraction of sp³-hybridized carbons (Fsp3) is 0.412. The van der Waals surface area contributed by atoms with Crippen LogP contribution in [0.15, 0.2) is 28.8 Å². The smallest absolute Gasteiger partial charge is 0.352 e. The lowest BCUT2D eigenvalue weighted by Gasteiger charge is -2.49. The summed E-state index contributed by atoms with van der Waals surface area (Å²) in [7, 11) is 0. The number of aliphatic carboxylic acids is 1. The molecule has 0 bridgehead atoms. The van der Waals surface area contributed by atoms with E-state index in [1.54, 1.807) is 6.92 Å². The molecule has 2 N–H and O–H groups in total. The van der Waals surface area contributed by atoms with Gasteiger partial charge in [-0.2, -0.15) is 0 Å². The van der Waals surface area contributed by atoms with Crippen molar-refractivity contribution in [3.05, 3.63) is 33.7 Å². The molecule has 2 aliphatic heterocycles. The van der Waals surface area contributed by atoms with E-state index >= 15 is 0 Å². The number of thiophene rings is 1. The summed E-state index contributed by atoms with van der Waals surface area (Å²) in [6.07, 6.45) is 0.366. The molecule has 0 spiro atoms. The fourth-order valence-electron chi connectivity index (χ4n) is 2.86. The van der Waals surface area contributed by atoms with Gasteiger partial charge in [0.05, 0.1) is 6.42 Å². The van der Waals surface area contributed by atoms with Crippen molar-refractivity contribution in [3.8, 4) is 0 Å². The average Bonchev–Trinajstić information content (AvgIpc) is 3.15. The number of rotatable bonds is 7. The number of ether oxygens (including phenoxy) is 1. The molecule has 27 heavy (non-hydrogen) atoms. The number of nitrogens with one attached hydrogen (secondary N) is 1. The minimum atomic E-state index is -1.25. The lowest BCUT2D eigenvalue weighted by atomic mass is 10.0. The summed E-state index contributed by atoms with van der Waals surface area (Å²) in [4.78, 5) is 49.7. The Morgan fingerprint density at radius 1 is 1.41 bits per heavy atom. The van der Waals surface area contributed by atoms with Gasteiger partial charge in [-0.3, -0.25) is 19.3 Å². The van der Waals surface area contributed by atoms with Crippen molar-refractivity contribution in [1.82, 2.24) is 10.2 Å². The highest BCUT2D eigenvalue weighted by Crippen LogP contribution is 2.40. The maximum Gasteiger partial charge on any atom is 0.352 e. The molecule has 2 aliphatic rings. The zero-order valence-corrected chi connectivity index (χ0v) is 16.1. The molecule has 1 saturated heterocycles. The van der Waals surface area contributed by atoms with Gasteiger partial charge in [0.1, 0.15) is 23.7 Å². The van der Waals surface area contributed by atoms with Gasteiger partial charge >= 0.3 is 11.9 Å². The monoisotopic (exact) mass is 410 g/mol. The molecule has 0 saturated carbocycles. The van der Waals surface area contributed by atoms with Crippen LogP contribution < -0.4 is 5.32 Å². The first-order chi connectivity index (χ1) is 12.9. The summed E-state index contributed by atoms with van der Waals surface area (Å²) >= 11 is 2.80. The first kappa shape index (κ1) is 19.4. The number of β-lactam (4-membered cyclic amide) rings is 1. The zero-order valence-electron chi connectivity index (χ0n) is 14.5. The maximum absolute atomic E-state index is 12.5. The number of amides is 2. The van der Waals surface area contributed by atoms with Gasteiger partial charge in [0.2, 0.25) is 5.91 Å². The zero-order chi connectivity index (χ0) is 19.6. The number of carboxylic acids is 1. The van der Waals surface area contributed by atoms with Gasteiger partial charge in [-0.25, -0.2) is 4.79 Å². The predicted octanol–water partition coefficient (Wildman–Crippen LogP) is 0.982. The van der Waals surface area contributed by atoms with Crippen molar-refractivity contribution in [2.75, 3.05) is 12.4 Å². The first-order valence-corrected chi connectivity index (χ1v) is 10.2. The normalized spacial score (nSPS) is 21.4. The molecule has 3 heterocycles. The molecule has 144 valence electrons. The molecule has 8 nitrogen and oxygen atoms in total. The second-order valence-electron chi connectivity index (χ2n) is 5.98. The number of hydrogen-bond donors (Lipinski definition) is 2. The van der Waals surface area contributed by atoms with Gasteiger partial charge in [-0.1, -0.05) is 13.0 Å². The summed E-state index contributed by atoms with van der Waals surface area (Å²) in [6.45, 7) is 1.48. The fourth-order valence-corrected chi connectivity index (χ4v) is 4.89. The van der Waals surface area contributed by atoms with Crippen molar-refractivity contribution in [2.45, 2.75) is 31.2 Å². The molecular formula is C17H18N2O6S2. The predicted molar refractivity (Wildman–Crippen MR) is 99.0 cm³/mol. The van der Waals surface area contributed by atoms with E-state index in [-0.39, 0.29) is 31.1 Å². The average molecular weight is 410 g/mol. The van der Waals surface area contributed by atoms with Gasteiger partial charge in [0, 0.05) is 22.6 Å². The lowest BCUT2D eigenvalue weighted by molar-refractivity contribution is -0.151. The van der Waals surface area contributed by atoms with E-state index in [1.807, 2.05) is 17.5 Å². The van der Waals surface area contributed by atoms with E-state index in [1.165, 1.54) is 28.0 Å². The lowest BCUT2D eigenvalue weighted by Crippen LogP contribution is -2.70. The van der Waals surface area contributed by atoms with Crippen LogP contribution in [0.5, 0.6) is 0 Å². The molecule has 1 aromatic heterocycles. The van der Waals surface area contributed by atoms with E-state index in [0.717, 1.165) is 4.88 Å². The number of carbonyl (C=O) groups excluding carboxylic acids is 3. The van der Waals surface area contributed by atoms with Gasteiger partial charge in [-0.15, -0.1) is 23.1 Å². The minimum absolute atomic E-state index is 0.156. The van der Waals surface area contributed by atoms with Crippen LogP contribution >= 0.6 is 23.1 Å². The molecule has 0 aromatic carbocycles. The van der Waals surface area contributed by atoms with Gasteiger partial charge in [0.15, 0.2) is 0 Å². The molecule has 10 heteroatoms. The first-order valence-electron chi connectivity index (χ1n) is 8.29. The van der Waals surface area contributed by atoms with Gasteiger partial charge in [-0.05, 0) is 11.4 Å². The van der Waals surface area contributed by atoms with Crippen LogP contribution in [0.1, 0.15) is 18.2 Å². The van der Waals surface area contributed by atoms with Crippen molar-refractivity contribution < 1.29 is 29.0 Å². The van der Waals surface area contributed by atoms with E-state index in [9.17, 15) is 24.3 Å². The highest BCUT2D eigenvalue weighted by Gasteiger charge is 2.54. The number of hydrogen-bond acceptors (Lipinski definition) is 7. The number of fused-ring (bicyclic) bond motifs is 1. The quantitative estimate of drug-likeness (QED) is 0.509. The largest absolute Gasteiger partial charge is 0.477 e. The number of esters is 1. The van der Waals surface area contributed by atoms with Crippen molar-refractivity contribution in [1.29, 1.82) is 0 Å². The second-order valence-corrected chi connectivity index (χ2v) is 8.12. The Bertz CT molecular complexity index is 804. The summed E-state index contributed by atoms with van der Waals surface area (Å²) < 4.78 is 5.02. The van der Waals surface area contributed by atoms with Gasteiger partial charge in [0.25, 0.3) is 5.91 Å². The molecular weight excluding hydrogens is 392 g/mol. The molecule has 1 aromatic rings. The van der Waals surface area contributed by atoms with Crippen LogP contribution in [0, 0.1) is 0 Å². The highest BCUT2D eigenvalue weighted by atomic mass is 32.2. The Labute approximate surface area is 163 Å². The SMILES string of the molecule is CCC(=O)OCC1=C(C(=O)O)N2C(=O)C(NC(=O)Cc3cccs3)[C@H]2SC1. The van der Waals surface area contributed by atoms with Crippen LogP contribution in [-0.2, 0) is 30.3 Å². The Kier molecular flexibility index (Phi) is 5.85. The van der Waals surface area contributed by atoms with Crippen LogP contribution in [0.2, 0.25) is 0 Å². The van der Waals surface area contributed by atoms with E-state index in [4.69, 9.17) is 4.74 Å². The maximum atomic E-state index is 12.5. The summed E-state index contributed by atoms with van der Waals surface area (Å²) in [6, 6.07) is 2.93. The van der Waals surface area contributed by atoms with E-state index < -0.39 is 29.3 Å². The minimum Gasteiger partial charge on any atom is -0.477 e. The summed E-state index contributed by atoms with van der Waals surface area (Å²) in [5.41, 5.74) is 0.221. The van der Waals surface area contributed by atoms with Crippen LogP contribution in [-0.4, -0.2) is 57.5 Å². The van der Waals surface area contributed by atoms with E-state index in [2.05, 4.69) is 5.32 Å². The number of nitrogens with zero attached hydrogens (tertiary/aromatic N) is 1. The molecule has 1 unspecified atom stereocenters. The molecule has 2 amide bonds. The third-order valence-corrected chi connectivity index (χ3v) is 6.39. The third-order valence-electron chi connectivity index (χ3n) is 4.18. The Hall–Kier alpha value is -2.33. The summed E-state index contributed by atoms with van der Waals surface area (Å²) in [5.74, 6) is -2.12. The van der Waals surface area contributed by atoms with Crippen LogP contribution in [0.25, 0.3) is 0 Å². The highest BCUT2D eigenvalue weighted by molar-refractivity contribution is 8.00. The molecule has 3 rings (SSSR count). The second kappa shape index (κ2) is 8.13. The molecule has 0 radical (unpaired) electrons. The Morgan fingerprint density at radius 3 is 2.81 bits per heavy atom. The van der Waals surface area contributed by atoms with Gasteiger partial charge < -0.3 is 15.2 Å². The van der Waals surface area contributed by atoms with Crippen molar-refractivity contribution in [2.24, 2.45) is 0 Å². The number of carbonyl (C=O) groups is 4. The Balaban J connectivity index is 1.68. The standard InChI is InChI=1S/C17H18N2O6S2/c1-2-12(21)25-7-9-8-27-16-13(15(22)19(16)14(9)17(23)24)18-11(20)6-10-4-3-5-26-10/h3-5,13,16H,2,6-8H2,1H3,(H,18,20)(H,23,24)/t13?,16-/m1/s1. The molecule has 2 atom stereocenters. The Morgan fingerprint density at radius 2 is 2.19 bits per heavy atom. The number of carboxylic acid groups (broad SMARTS) is 1. The van der Waals surface area contributed by atoms with E-state index in [0.29, 0.717) is 11.3 Å². The van der Waals surface area contributed by atoms with Crippen LogP contribution in [0.3, 0.4) is 0 Å². The molecule has 1 fully saturated rings. The molecule has 0 aliphatic carbocycles. The van der Waals surface area contributed by atoms with Crippen LogP contribution in [0.4, 0.5) is 0 Å². The van der Waals surface area contributed by atoms with Crippen molar-refractivity contribution in [3.63, 3.8) is 0 Å².